The number of sulfonamides is 2. The van der Waals surface area contributed by atoms with Crippen LogP contribution in [0.25, 0.3) is 0 Å². The van der Waals surface area contributed by atoms with Gasteiger partial charge in [-0.15, -0.1) is 0 Å². The summed E-state index contributed by atoms with van der Waals surface area (Å²) in [5.74, 6) is -1.06. The lowest BCUT2D eigenvalue weighted by Crippen LogP contribution is -2.38. The fourth-order valence-corrected chi connectivity index (χ4v) is 9.19. The smallest absolute Gasteiger partial charge is 0.247 e. The number of aromatic hydroxyl groups is 2. The first kappa shape index (κ1) is 34.7. The monoisotopic (exact) mass is 678 g/mol. The molecule has 1 aliphatic carbocycles. The standard InChI is InChI=1S/C29H37Cl3N2O6S2/c1-18(2)14-33(41(37,38)26-12-23(30)10-20(5)28(26)35)16-21-6-8-22(9-7-21)17-34(15-19(3)4)42(39,40)27-13-24(31)11-25(32)29(27)36/h6,8-13,18-19,21,35-36H,7,14-17H2,1-5H3. The Labute approximate surface area is 264 Å². The van der Waals surface area contributed by atoms with E-state index in [1.807, 2.05) is 39.8 Å². The molecule has 1 atom stereocenters. The Balaban J connectivity index is 1.84. The predicted molar refractivity (Wildman–Crippen MR) is 169 cm³/mol. The predicted octanol–water partition coefficient (Wildman–Crippen LogP) is 6.86. The summed E-state index contributed by atoms with van der Waals surface area (Å²) in [6.45, 7) is 9.81. The molecule has 0 radical (unpaired) electrons. The third kappa shape index (κ3) is 8.22. The highest BCUT2D eigenvalue weighted by Crippen LogP contribution is 2.37. The van der Waals surface area contributed by atoms with E-state index < -0.39 is 25.8 Å². The molecule has 2 N–H and O–H groups in total. The third-order valence-electron chi connectivity index (χ3n) is 6.66. The molecule has 2 aromatic rings. The first-order valence-electron chi connectivity index (χ1n) is 13.5. The van der Waals surface area contributed by atoms with Crippen LogP contribution in [0.5, 0.6) is 11.5 Å². The fraction of sp³-hybridized carbons (Fsp3) is 0.448. The van der Waals surface area contributed by atoms with Gasteiger partial charge in [0, 0.05) is 36.2 Å². The average molecular weight is 680 g/mol. The van der Waals surface area contributed by atoms with Crippen LogP contribution in [0, 0.1) is 24.7 Å². The highest BCUT2D eigenvalue weighted by molar-refractivity contribution is 7.89. The molecule has 3 rings (SSSR count). The molecule has 1 aliphatic rings. The molecule has 0 amide bonds. The summed E-state index contributed by atoms with van der Waals surface area (Å²) in [6.07, 6.45) is 6.03. The highest BCUT2D eigenvalue weighted by Gasteiger charge is 2.32. The van der Waals surface area contributed by atoms with Gasteiger partial charge in [-0.1, -0.05) is 80.7 Å². The number of rotatable bonds is 12. The van der Waals surface area contributed by atoms with E-state index in [0.717, 1.165) is 5.57 Å². The summed E-state index contributed by atoms with van der Waals surface area (Å²) in [7, 11) is -8.23. The zero-order valence-electron chi connectivity index (χ0n) is 24.2. The van der Waals surface area contributed by atoms with Gasteiger partial charge in [0.25, 0.3) is 0 Å². The molecule has 1 unspecified atom stereocenters. The van der Waals surface area contributed by atoms with Gasteiger partial charge in [0.15, 0.2) is 5.75 Å². The van der Waals surface area contributed by atoms with Gasteiger partial charge >= 0.3 is 0 Å². The minimum absolute atomic E-state index is 0.0150. The molecular weight excluding hydrogens is 643 g/mol. The molecule has 0 bridgehead atoms. The molecule has 0 heterocycles. The van der Waals surface area contributed by atoms with Gasteiger partial charge in [-0.3, -0.25) is 0 Å². The van der Waals surface area contributed by atoms with Gasteiger partial charge in [0.05, 0.1) is 5.02 Å². The molecule has 0 saturated heterocycles. The van der Waals surface area contributed by atoms with E-state index in [2.05, 4.69) is 0 Å². The summed E-state index contributed by atoms with van der Waals surface area (Å²) in [6, 6.07) is 5.21. The minimum Gasteiger partial charge on any atom is -0.506 e. The van der Waals surface area contributed by atoms with Crippen molar-refractivity contribution in [2.45, 2.75) is 50.8 Å². The molecule has 42 heavy (non-hydrogen) atoms. The van der Waals surface area contributed by atoms with Gasteiger partial charge < -0.3 is 10.2 Å². The molecule has 0 saturated carbocycles. The van der Waals surface area contributed by atoms with Crippen molar-refractivity contribution < 1.29 is 27.0 Å². The van der Waals surface area contributed by atoms with Crippen LogP contribution in [0.2, 0.25) is 15.1 Å². The number of nitrogens with zero attached hydrogens (tertiary/aromatic N) is 2. The summed E-state index contributed by atoms with van der Waals surface area (Å²) in [5.41, 5.74) is 1.09. The Morgan fingerprint density at radius 1 is 0.833 bits per heavy atom. The third-order valence-corrected chi connectivity index (χ3v) is 11.1. The quantitative estimate of drug-likeness (QED) is 0.253. The molecule has 232 valence electrons. The molecule has 8 nitrogen and oxygen atoms in total. The van der Waals surface area contributed by atoms with E-state index in [-0.39, 0.29) is 74.5 Å². The minimum atomic E-state index is -4.16. The fourth-order valence-electron chi connectivity index (χ4n) is 4.68. The lowest BCUT2D eigenvalue weighted by molar-refractivity contribution is 0.334. The number of hydrogen-bond donors (Lipinski definition) is 2. The molecule has 13 heteroatoms. The number of hydrogen-bond acceptors (Lipinski definition) is 6. The lowest BCUT2D eigenvalue weighted by Gasteiger charge is -2.29. The van der Waals surface area contributed by atoms with Crippen LogP contribution in [0.3, 0.4) is 0 Å². The van der Waals surface area contributed by atoms with Crippen LogP contribution in [0.4, 0.5) is 0 Å². The molecule has 0 spiro atoms. The van der Waals surface area contributed by atoms with Crippen LogP contribution in [-0.2, 0) is 20.0 Å². The van der Waals surface area contributed by atoms with Crippen LogP contribution in [-0.4, -0.2) is 61.8 Å². The van der Waals surface area contributed by atoms with Gasteiger partial charge in [-0.2, -0.15) is 8.61 Å². The van der Waals surface area contributed by atoms with Crippen molar-refractivity contribution in [2.75, 3.05) is 26.2 Å². The van der Waals surface area contributed by atoms with Crippen molar-refractivity contribution >= 4 is 54.8 Å². The van der Waals surface area contributed by atoms with E-state index in [1.54, 1.807) is 13.0 Å². The maximum absolute atomic E-state index is 13.7. The van der Waals surface area contributed by atoms with Crippen molar-refractivity contribution in [3.05, 3.63) is 68.7 Å². The largest absolute Gasteiger partial charge is 0.506 e. The number of phenols is 2. The number of aryl methyl sites for hydroxylation is 1. The number of allylic oxidation sites excluding steroid dienone is 1. The maximum atomic E-state index is 13.7. The summed E-state index contributed by atoms with van der Waals surface area (Å²) < 4.78 is 57.1. The first-order chi connectivity index (χ1) is 19.4. The molecular formula is C29H37Cl3N2O6S2. The van der Waals surface area contributed by atoms with Crippen molar-refractivity contribution in [2.24, 2.45) is 17.8 Å². The normalized spacial score (nSPS) is 16.2. The summed E-state index contributed by atoms with van der Waals surface area (Å²) in [4.78, 5) is -0.601. The second-order valence-electron chi connectivity index (χ2n) is 11.3. The maximum Gasteiger partial charge on any atom is 0.247 e. The van der Waals surface area contributed by atoms with Crippen LogP contribution in [0.15, 0.2) is 57.9 Å². The number of halogens is 3. The second kappa shape index (κ2) is 13.9. The Hall–Kier alpha value is -1.79. The Morgan fingerprint density at radius 2 is 1.36 bits per heavy atom. The first-order valence-corrected chi connectivity index (χ1v) is 17.5. The molecule has 0 aliphatic heterocycles. The van der Waals surface area contributed by atoms with Crippen molar-refractivity contribution in [1.29, 1.82) is 0 Å². The SMILES string of the molecule is Cc1cc(Cl)cc(S(=O)(=O)N(CC(C)C)CC2C=CC(CN(CC(C)C)S(=O)(=O)c3cc(Cl)cc(Cl)c3O)=CC2)c1O. The molecule has 0 fully saturated rings. The Kier molecular flexibility index (Phi) is 11.5. The van der Waals surface area contributed by atoms with Gasteiger partial charge in [0.1, 0.15) is 15.5 Å². The Bertz CT molecular complexity index is 1590. The second-order valence-corrected chi connectivity index (χ2v) is 16.4. The van der Waals surface area contributed by atoms with Gasteiger partial charge in [-0.05, 0) is 66.5 Å². The Morgan fingerprint density at radius 3 is 1.90 bits per heavy atom. The van der Waals surface area contributed by atoms with Crippen molar-refractivity contribution in [3.63, 3.8) is 0 Å². The van der Waals surface area contributed by atoms with E-state index in [4.69, 9.17) is 34.8 Å². The van der Waals surface area contributed by atoms with Gasteiger partial charge in [0.2, 0.25) is 20.0 Å². The summed E-state index contributed by atoms with van der Waals surface area (Å²) >= 11 is 18.2. The highest BCUT2D eigenvalue weighted by atomic mass is 35.5. The van der Waals surface area contributed by atoms with Gasteiger partial charge in [-0.25, -0.2) is 16.8 Å². The van der Waals surface area contributed by atoms with Crippen LogP contribution in [0.1, 0.15) is 39.7 Å². The van der Waals surface area contributed by atoms with E-state index in [9.17, 15) is 27.0 Å². The summed E-state index contributed by atoms with van der Waals surface area (Å²) in [5, 5.41) is 21.1. The molecule has 0 aromatic heterocycles. The zero-order chi connectivity index (χ0) is 31.6. The lowest BCUT2D eigenvalue weighted by atomic mass is 9.96. The number of benzene rings is 2. The van der Waals surface area contributed by atoms with E-state index in [0.29, 0.717) is 12.0 Å². The van der Waals surface area contributed by atoms with Crippen molar-refractivity contribution in [3.8, 4) is 11.5 Å². The van der Waals surface area contributed by atoms with E-state index in [1.165, 1.54) is 32.9 Å². The van der Waals surface area contributed by atoms with Crippen molar-refractivity contribution in [1.82, 2.24) is 8.61 Å². The number of phenolic OH excluding ortho intramolecular Hbond substituents is 2. The molecule has 2 aromatic carbocycles. The average Bonchev–Trinajstić information content (AvgIpc) is 2.87. The zero-order valence-corrected chi connectivity index (χ0v) is 28.1. The van der Waals surface area contributed by atoms with Crippen LogP contribution < -0.4 is 0 Å². The van der Waals surface area contributed by atoms with E-state index >= 15 is 0 Å². The topological polar surface area (TPSA) is 115 Å². The van der Waals surface area contributed by atoms with Crippen LogP contribution >= 0.6 is 34.8 Å².